The fourth-order valence-corrected chi connectivity index (χ4v) is 3.57. The summed E-state index contributed by atoms with van der Waals surface area (Å²) in [5.41, 5.74) is 2.65. The molecule has 108 valence electrons. The molecule has 0 amide bonds. The molecule has 2 aromatic rings. The maximum absolute atomic E-state index is 6.14. The Morgan fingerprint density at radius 3 is 2.75 bits per heavy atom. The van der Waals surface area contributed by atoms with Gasteiger partial charge in [0.15, 0.2) is 0 Å². The number of aromatic amines is 1. The molecule has 1 saturated heterocycles. The third-order valence-electron chi connectivity index (χ3n) is 4.33. The number of nitrogens with one attached hydrogen (secondary N) is 1. The third-order valence-corrected chi connectivity index (χ3v) is 4.56. The van der Waals surface area contributed by atoms with E-state index in [0.717, 1.165) is 10.9 Å². The first-order valence-corrected chi connectivity index (χ1v) is 8.00. The minimum Gasteiger partial charge on any atom is -0.361 e. The maximum Gasteiger partial charge on any atom is 0.0457 e. The van der Waals surface area contributed by atoms with Gasteiger partial charge in [-0.25, -0.2) is 0 Å². The number of aromatic nitrogens is 1. The summed E-state index contributed by atoms with van der Waals surface area (Å²) in [5, 5.41) is 2.13. The van der Waals surface area contributed by atoms with Crippen LogP contribution in [0, 0.1) is 5.92 Å². The topological polar surface area (TPSA) is 19.0 Å². The van der Waals surface area contributed by atoms with Crippen molar-refractivity contribution in [2.24, 2.45) is 5.92 Å². The number of rotatable bonds is 3. The number of fused-ring (bicyclic) bond motifs is 1. The Balaban J connectivity index is 1.75. The molecule has 0 unspecified atom stereocenters. The van der Waals surface area contributed by atoms with Gasteiger partial charge in [-0.15, -0.1) is 0 Å². The van der Waals surface area contributed by atoms with Crippen LogP contribution in [-0.2, 0) is 0 Å². The number of halogens is 1. The van der Waals surface area contributed by atoms with E-state index in [1.165, 1.54) is 48.9 Å². The lowest BCUT2D eigenvalue weighted by atomic mass is 9.89. The number of piperidine rings is 1. The number of H-pyrrole nitrogens is 1. The molecule has 3 heteroatoms. The van der Waals surface area contributed by atoms with Crippen LogP contribution in [0.15, 0.2) is 24.4 Å². The van der Waals surface area contributed by atoms with Crippen molar-refractivity contribution in [3.63, 3.8) is 0 Å². The largest absolute Gasteiger partial charge is 0.361 e. The van der Waals surface area contributed by atoms with E-state index in [2.05, 4.69) is 42.1 Å². The van der Waals surface area contributed by atoms with Crippen LogP contribution in [0.25, 0.3) is 10.9 Å². The van der Waals surface area contributed by atoms with Crippen LogP contribution < -0.4 is 0 Å². The summed E-state index contributed by atoms with van der Waals surface area (Å²) in [5.74, 6) is 1.43. The predicted molar refractivity (Wildman–Crippen MR) is 86.6 cm³/mol. The van der Waals surface area contributed by atoms with E-state index in [9.17, 15) is 0 Å². The van der Waals surface area contributed by atoms with Gasteiger partial charge in [0.2, 0.25) is 0 Å². The van der Waals surface area contributed by atoms with Gasteiger partial charge in [0.05, 0.1) is 0 Å². The molecule has 0 bridgehead atoms. The second-order valence-corrected chi connectivity index (χ2v) is 6.84. The van der Waals surface area contributed by atoms with E-state index in [0.29, 0.717) is 5.92 Å². The van der Waals surface area contributed by atoms with E-state index >= 15 is 0 Å². The van der Waals surface area contributed by atoms with Crippen LogP contribution in [0.2, 0.25) is 5.02 Å². The van der Waals surface area contributed by atoms with Crippen molar-refractivity contribution < 1.29 is 0 Å². The molecule has 1 aromatic carbocycles. The van der Waals surface area contributed by atoms with Crippen molar-refractivity contribution in [3.8, 4) is 0 Å². The Kier molecular flexibility index (Phi) is 4.04. The first-order chi connectivity index (χ1) is 9.63. The van der Waals surface area contributed by atoms with Gasteiger partial charge in [0.25, 0.3) is 0 Å². The molecule has 1 fully saturated rings. The van der Waals surface area contributed by atoms with E-state index in [4.69, 9.17) is 11.6 Å². The zero-order chi connectivity index (χ0) is 14.1. The average molecular weight is 291 g/mol. The number of nitrogens with zero attached hydrogens (tertiary/aromatic N) is 1. The average Bonchev–Trinajstić information content (AvgIpc) is 2.82. The van der Waals surface area contributed by atoms with Crippen LogP contribution in [0.3, 0.4) is 0 Å². The highest BCUT2D eigenvalue weighted by atomic mass is 35.5. The summed E-state index contributed by atoms with van der Waals surface area (Å²) in [6.45, 7) is 8.26. The van der Waals surface area contributed by atoms with E-state index in [-0.39, 0.29) is 0 Å². The molecular formula is C17H23ClN2. The third kappa shape index (κ3) is 2.87. The first kappa shape index (κ1) is 14.0. The predicted octanol–water partition coefficient (Wildman–Crippen LogP) is 4.66. The fraction of sp³-hybridized carbons (Fsp3) is 0.529. The minimum atomic E-state index is 0.672. The smallest absolute Gasteiger partial charge is 0.0457 e. The molecule has 3 rings (SSSR count). The standard InChI is InChI=1S/C17H23ClN2/c1-12(2)11-20-7-5-13(6-8-20)16-10-19-17-4-3-14(18)9-15(16)17/h3-4,9-10,12-13,19H,5-8,11H2,1-2H3. The van der Waals surface area contributed by atoms with Gasteiger partial charge in [0.1, 0.15) is 0 Å². The molecular weight excluding hydrogens is 268 g/mol. The van der Waals surface area contributed by atoms with Gasteiger partial charge in [-0.3, -0.25) is 0 Å². The number of likely N-dealkylation sites (tertiary alicyclic amines) is 1. The molecule has 1 aliphatic heterocycles. The van der Waals surface area contributed by atoms with E-state index in [1.807, 2.05) is 6.07 Å². The molecule has 0 saturated carbocycles. The van der Waals surface area contributed by atoms with Crippen molar-refractivity contribution in [1.29, 1.82) is 0 Å². The molecule has 0 spiro atoms. The maximum atomic E-state index is 6.14. The summed E-state index contributed by atoms with van der Waals surface area (Å²) in [4.78, 5) is 5.98. The van der Waals surface area contributed by atoms with Gasteiger partial charge >= 0.3 is 0 Å². The van der Waals surface area contributed by atoms with Gasteiger partial charge in [-0.1, -0.05) is 25.4 Å². The van der Waals surface area contributed by atoms with Crippen molar-refractivity contribution in [2.75, 3.05) is 19.6 Å². The Bertz CT molecular complexity index is 580. The molecule has 2 nitrogen and oxygen atoms in total. The second kappa shape index (κ2) is 5.79. The molecule has 0 aliphatic carbocycles. The molecule has 2 heterocycles. The van der Waals surface area contributed by atoms with E-state index < -0.39 is 0 Å². The van der Waals surface area contributed by atoms with Crippen molar-refractivity contribution in [2.45, 2.75) is 32.6 Å². The van der Waals surface area contributed by atoms with Crippen LogP contribution >= 0.6 is 11.6 Å². The lowest BCUT2D eigenvalue weighted by Gasteiger charge is -2.33. The van der Waals surface area contributed by atoms with Gasteiger partial charge in [-0.2, -0.15) is 0 Å². The first-order valence-electron chi connectivity index (χ1n) is 7.62. The number of hydrogen-bond donors (Lipinski definition) is 1. The number of hydrogen-bond acceptors (Lipinski definition) is 1. The Morgan fingerprint density at radius 1 is 1.30 bits per heavy atom. The molecule has 1 aliphatic rings. The SMILES string of the molecule is CC(C)CN1CCC(c2c[nH]c3ccc(Cl)cc23)CC1. The lowest BCUT2D eigenvalue weighted by Crippen LogP contribution is -2.35. The molecule has 1 aromatic heterocycles. The van der Waals surface area contributed by atoms with E-state index in [1.54, 1.807) is 0 Å². The van der Waals surface area contributed by atoms with Gasteiger partial charge in [-0.05, 0) is 61.5 Å². The van der Waals surface area contributed by atoms with Crippen molar-refractivity contribution >= 4 is 22.5 Å². The van der Waals surface area contributed by atoms with Gasteiger partial charge in [0, 0.05) is 28.7 Å². The zero-order valence-electron chi connectivity index (χ0n) is 12.3. The summed E-state index contributed by atoms with van der Waals surface area (Å²) < 4.78 is 0. The number of benzene rings is 1. The van der Waals surface area contributed by atoms with Crippen molar-refractivity contribution in [1.82, 2.24) is 9.88 Å². The fourth-order valence-electron chi connectivity index (χ4n) is 3.40. The summed E-state index contributed by atoms with van der Waals surface area (Å²) in [6.07, 6.45) is 4.70. The van der Waals surface area contributed by atoms with Crippen LogP contribution in [0.5, 0.6) is 0 Å². The Hall–Kier alpha value is -0.990. The van der Waals surface area contributed by atoms with Crippen LogP contribution in [-0.4, -0.2) is 29.5 Å². The quantitative estimate of drug-likeness (QED) is 0.871. The summed E-state index contributed by atoms with van der Waals surface area (Å²) >= 11 is 6.14. The summed E-state index contributed by atoms with van der Waals surface area (Å²) in [6, 6.07) is 6.13. The monoisotopic (exact) mass is 290 g/mol. The normalized spacial score (nSPS) is 18.2. The van der Waals surface area contributed by atoms with Crippen LogP contribution in [0.1, 0.15) is 38.2 Å². The second-order valence-electron chi connectivity index (χ2n) is 6.40. The summed E-state index contributed by atoms with van der Waals surface area (Å²) in [7, 11) is 0. The Labute approximate surface area is 126 Å². The minimum absolute atomic E-state index is 0.672. The zero-order valence-corrected chi connectivity index (χ0v) is 13.1. The highest BCUT2D eigenvalue weighted by molar-refractivity contribution is 6.31. The Morgan fingerprint density at radius 2 is 2.05 bits per heavy atom. The lowest BCUT2D eigenvalue weighted by molar-refractivity contribution is 0.192. The van der Waals surface area contributed by atoms with Crippen LogP contribution in [0.4, 0.5) is 0 Å². The van der Waals surface area contributed by atoms with Gasteiger partial charge < -0.3 is 9.88 Å². The highest BCUT2D eigenvalue weighted by Gasteiger charge is 2.23. The highest BCUT2D eigenvalue weighted by Crippen LogP contribution is 2.34. The molecule has 1 N–H and O–H groups in total. The molecule has 0 atom stereocenters. The molecule has 0 radical (unpaired) electrons. The molecule has 20 heavy (non-hydrogen) atoms. The van der Waals surface area contributed by atoms with Crippen molar-refractivity contribution in [3.05, 3.63) is 35.0 Å².